The molecular weight excluding hydrogens is 250 g/mol. The molecule has 1 saturated carbocycles. The number of methoxy groups -OCH3 is 1. The first-order chi connectivity index (χ1) is 9.80. The van der Waals surface area contributed by atoms with Crippen molar-refractivity contribution in [1.82, 2.24) is 5.32 Å². The minimum absolute atomic E-state index is 0.0293. The fourth-order valence-electron chi connectivity index (χ4n) is 3.41. The number of ether oxygens (including phenoxy) is 1. The van der Waals surface area contributed by atoms with E-state index in [2.05, 4.69) is 18.3 Å². The molecule has 1 aromatic heterocycles. The minimum atomic E-state index is -0.0293. The molecule has 1 aliphatic carbocycles. The summed E-state index contributed by atoms with van der Waals surface area (Å²) in [6.45, 7) is 3.25. The van der Waals surface area contributed by atoms with Crippen LogP contribution in [0.25, 0.3) is 0 Å². The summed E-state index contributed by atoms with van der Waals surface area (Å²) in [5.41, 5.74) is -0.0293. The summed E-state index contributed by atoms with van der Waals surface area (Å²) in [4.78, 5) is 0. The predicted octanol–water partition coefficient (Wildman–Crippen LogP) is 3.93. The first-order valence-electron chi connectivity index (χ1n) is 8.11. The third-order valence-electron chi connectivity index (χ3n) is 4.62. The van der Waals surface area contributed by atoms with Crippen LogP contribution in [-0.2, 0) is 11.2 Å². The fourth-order valence-corrected chi connectivity index (χ4v) is 3.41. The Morgan fingerprint density at radius 2 is 2.05 bits per heavy atom. The zero-order chi connectivity index (χ0) is 14.3. The molecule has 0 bridgehead atoms. The van der Waals surface area contributed by atoms with Gasteiger partial charge in [-0.05, 0) is 37.9 Å². The molecule has 1 unspecified atom stereocenters. The highest BCUT2D eigenvalue weighted by Crippen LogP contribution is 2.34. The van der Waals surface area contributed by atoms with E-state index in [0.29, 0.717) is 6.04 Å². The van der Waals surface area contributed by atoms with Gasteiger partial charge in [-0.15, -0.1) is 0 Å². The highest BCUT2D eigenvalue weighted by atomic mass is 16.5. The number of nitrogens with one attached hydrogen (secondary N) is 1. The van der Waals surface area contributed by atoms with Gasteiger partial charge in [0.1, 0.15) is 5.76 Å². The lowest BCUT2D eigenvalue weighted by molar-refractivity contribution is -0.0536. The number of rotatable bonds is 7. The Morgan fingerprint density at radius 3 is 2.60 bits per heavy atom. The standard InChI is InChI=1S/C17H29NO2/c1-3-12-18-16(14-15-9-8-13-20-15)17(19-2)10-6-4-5-7-11-17/h8-9,13,16,18H,3-7,10-12,14H2,1-2H3. The van der Waals surface area contributed by atoms with Crippen LogP contribution in [0.4, 0.5) is 0 Å². The van der Waals surface area contributed by atoms with Gasteiger partial charge in [-0.25, -0.2) is 0 Å². The van der Waals surface area contributed by atoms with Gasteiger partial charge in [0.15, 0.2) is 0 Å². The minimum Gasteiger partial charge on any atom is -0.469 e. The van der Waals surface area contributed by atoms with E-state index in [9.17, 15) is 0 Å². The molecule has 1 atom stereocenters. The molecule has 1 aromatic rings. The van der Waals surface area contributed by atoms with Gasteiger partial charge in [0.2, 0.25) is 0 Å². The molecule has 3 heteroatoms. The van der Waals surface area contributed by atoms with Gasteiger partial charge < -0.3 is 14.5 Å². The van der Waals surface area contributed by atoms with Crippen LogP contribution < -0.4 is 5.32 Å². The second kappa shape index (κ2) is 7.84. The Hall–Kier alpha value is -0.800. The number of furan rings is 1. The van der Waals surface area contributed by atoms with Crippen LogP contribution in [0.5, 0.6) is 0 Å². The van der Waals surface area contributed by atoms with Crippen molar-refractivity contribution in [3.8, 4) is 0 Å². The SMILES string of the molecule is CCCNC(Cc1ccco1)C1(OC)CCCCCC1. The second-order valence-electron chi connectivity index (χ2n) is 5.97. The monoisotopic (exact) mass is 279 g/mol. The molecule has 1 N–H and O–H groups in total. The van der Waals surface area contributed by atoms with Crippen LogP contribution >= 0.6 is 0 Å². The molecule has 0 aromatic carbocycles. The number of hydrogen-bond acceptors (Lipinski definition) is 3. The van der Waals surface area contributed by atoms with Crippen molar-refractivity contribution < 1.29 is 9.15 Å². The summed E-state index contributed by atoms with van der Waals surface area (Å²) in [6.07, 6.45) is 11.4. The van der Waals surface area contributed by atoms with E-state index in [4.69, 9.17) is 9.15 Å². The van der Waals surface area contributed by atoms with E-state index in [-0.39, 0.29) is 5.60 Å². The van der Waals surface area contributed by atoms with Crippen molar-refractivity contribution >= 4 is 0 Å². The van der Waals surface area contributed by atoms with Crippen LogP contribution in [0.2, 0.25) is 0 Å². The molecular formula is C17H29NO2. The summed E-state index contributed by atoms with van der Waals surface area (Å²) < 4.78 is 11.6. The van der Waals surface area contributed by atoms with Gasteiger partial charge in [-0.2, -0.15) is 0 Å². The highest BCUT2D eigenvalue weighted by molar-refractivity contribution is 5.05. The molecule has 2 rings (SSSR count). The van der Waals surface area contributed by atoms with E-state index >= 15 is 0 Å². The summed E-state index contributed by atoms with van der Waals surface area (Å²) in [6, 6.07) is 4.39. The molecule has 1 aliphatic rings. The highest BCUT2D eigenvalue weighted by Gasteiger charge is 2.39. The molecule has 3 nitrogen and oxygen atoms in total. The Bertz CT molecular complexity index is 353. The number of hydrogen-bond donors (Lipinski definition) is 1. The largest absolute Gasteiger partial charge is 0.469 e. The van der Waals surface area contributed by atoms with Gasteiger partial charge >= 0.3 is 0 Å². The van der Waals surface area contributed by atoms with Crippen molar-refractivity contribution in [3.05, 3.63) is 24.2 Å². The molecule has 0 amide bonds. The Balaban J connectivity index is 2.12. The summed E-state index contributed by atoms with van der Waals surface area (Å²) in [7, 11) is 1.88. The average molecular weight is 279 g/mol. The quantitative estimate of drug-likeness (QED) is 0.768. The van der Waals surface area contributed by atoms with Crippen molar-refractivity contribution in [3.63, 3.8) is 0 Å². The Labute approximate surface area is 123 Å². The van der Waals surface area contributed by atoms with Crippen molar-refractivity contribution in [2.45, 2.75) is 69.9 Å². The van der Waals surface area contributed by atoms with Gasteiger partial charge in [-0.1, -0.05) is 32.6 Å². The topological polar surface area (TPSA) is 34.4 Å². The molecule has 0 saturated heterocycles. The summed E-state index contributed by atoms with van der Waals surface area (Å²) >= 11 is 0. The van der Waals surface area contributed by atoms with Crippen LogP contribution in [0.15, 0.2) is 22.8 Å². The maximum atomic E-state index is 6.06. The molecule has 0 aliphatic heterocycles. The van der Waals surface area contributed by atoms with E-state index in [1.807, 2.05) is 13.2 Å². The van der Waals surface area contributed by atoms with Gasteiger partial charge in [0.25, 0.3) is 0 Å². The molecule has 20 heavy (non-hydrogen) atoms. The first kappa shape index (κ1) is 15.6. The molecule has 0 radical (unpaired) electrons. The Morgan fingerprint density at radius 1 is 1.30 bits per heavy atom. The maximum absolute atomic E-state index is 6.06. The third-order valence-corrected chi connectivity index (χ3v) is 4.62. The first-order valence-corrected chi connectivity index (χ1v) is 8.11. The lowest BCUT2D eigenvalue weighted by Gasteiger charge is -2.39. The van der Waals surface area contributed by atoms with Crippen LogP contribution in [-0.4, -0.2) is 25.3 Å². The molecule has 1 heterocycles. The van der Waals surface area contributed by atoms with E-state index in [0.717, 1.165) is 38.0 Å². The van der Waals surface area contributed by atoms with E-state index in [1.165, 1.54) is 25.7 Å². The van der Waals surface area contributed by atoms with Crippen LogP contribution in [0.1, 0.15) is 57.6 Å². The van der Waals surface area contributed by atoms with Crippen LogP contribution in [0.3, 0.4) is 0 Å². The molecule has 1 fully saturated rings. The average Bonchev–Trinajstić information content (AvgIpc) is 2.86. The Kier molecular flexibility index (Phi) is 6.11. The summed E-state index contributed by atoms with van der Waals surface area (Å²) in [5, 5.41) is 3.71. The normalized spacial score (nSPS) is 20.5. The van der Waals surface area contributed by atoms with E-state index in [1.54, 1.807) is 6.26 Å². The molecule has 114 valence electrons. The lowest BCUT2D eigenvalue weighted by Crippen LogP contribution is -2.53. The zero-order valence-electron chi connectivity index (χ0n) is 13.0. The lowest BCUT2D eigenvalue weighted by atomic mass is 9.83. The zero-order valence-corrected chi connectivity index (χ0v) is 13.0. The summed E-state index contributed by atoms with van der Waals surface area (Å²) in [5.74, 6) is 1.05. The predicted molar refractivity (Wildman–Crippen MR) is 81.9 cm³/mol. The van der Waals surface area contributed by atoms with Crippen molar-refractivity contribution in [2.75, 3.05) is 13.7 Å². The second-order valence-corrected chi connectivity index (χ2v) is 5.97. The van der Waals surface area contributed by atoms with Crippen molar-refractivity contribution in [2.24, 2.45) is 0 Å². The van der Waals surface area contributed by atoms with Crippen molar-refractivity contribution in [1.29, 1.82) is 0 Å². The smallest absolute Gasteiger partial charge is 0.105 e. The fraction of sp³-hybridized carbons (Fsp3) is 0.765. The molecule has 0 spiro atoms. The van der Waals surface area contributed by atoms with Crippen LogP contribution in [0, 0.1) is 0 Å². The van der Waals surface area contributed by atoms with E-state index < -0.39 is 0 Å². The van der Waals surface area contributed by atoms with Gasteiger partial charge in [-0.3, -0.25) is 0 Å². The van der Waals surface area contributed by atoms with Gasteiger partial charge in [0, 0.05) is 19.6 Å². The van der Waals surface area contributed by atoms with Gasteiger partial charge in [0.05, 0.1) is 11.9 Å². The maximum Gasteiger partial charge on any atom is 0.105 e. The third kappa shape index (κ3) is 3.86.